The van der Waals surface area contributed by atoms with Crippen LogP contribution in [0.5, 0.6) is 0 Å². The van der Waals surface area contributed by atoms with E-state index in [0.717, 1.165) is 0 Å². The van der Waals surface area contributed by atoms with Crippen LogP contribution in [0.4, 0.5) is 0 Å². The first-order valence-electron chi connectivity index (χ1n) is 11.1. The number of rotatable bonds is 1. The van der Waals surface area contributed by atoms with Crippen molar-refractivity contribution < 1.29 is 0 Å². The van der Waals surface area contributed by atoms with Crippen molar-refractivity contribution in [2.75, 3.05) is 0 Å². The summed E-state index contributed by atoms with van der Waals surface area (Å²) >= 11 is 0. The van der Waals surface area contributed by atoms with Crippen molar-refractivity contribution in [3.63, 3.8) is 0 Å². The van der Waals surface area contributed by atoms with Crippen molar-refractivity contribution in [2.24, 2.45) is 0 Å². The fourth-order valence-corrected chi connectivity index (χ4v) is 4.38. The van der Waals surface area contributed by atoms with E-state index < -0.39 is 0 Å². The van der Waals surface area contributed by atoms with Gasteiger partial charge in [0.05, 0.1) is 11.0 Å². The van der Waals surface area contributed by atoms with Crippen molar-refractivity contribution in [3.05, 3.63) is 76.3 Å². The van der Waals surface area contributed by atoms with E-state index in [2.05, 4.69) is 115 Å². The maximum atomic E-state index is 2.45. The summed E-state index contributed by atoms with van der Waals surface area (Å²) in [7, 11) is 0. The summed E-state index contributed by atoms with van der Waals surface area (Å²) in [6.07, 6.45) is 0. The van der Waals surface area contributed by atoms with E-state index >= 15 is 0 Å². The van der Waals surface area contributed by atoms with E-state index in [-0.39, 0.29) is 10.8 Å². The molecule has 0 aliphatic carbocycles. The molecular weight excluding hydrogens is 362 g/mol. The third kappa shape index (κ3) is 3.35. The highest BCUT2D eigenvalue weighted by molar-refractivity contribution is 6.09. The molecule has 30 heavy (non-hydrogen) atoms. The minimum Gasteiger partial charge on any atom is -0.309 e. The van der Waals surface area contributed by atoms with Gasteiger partial charge in [0.1, 0.15) is 0 Å². The van der Waals surface area contributed by atoms with E-state index in [9.17, 15) is 0 Å². The number of nitrogens with zero attached hydrogens (tertiary/aromatic N) is 1. The second-order valence-electron chi connectivity index (χ2n) is 11.0. The summed E-state index contributed by atoms with van der Waals surface area (Å²) in [6, 6.07) is 18.7. The highest BCUT2D eigenvalue weighted by Gasteiger charge is 2.21. The van der Waals surface area contributed by atoms with Crippen LogP contribution in [0.25, 0.3) is 27.5 Å². The predicted octanol–water partition coefficient (Wildman–Crippen LogP) is 8.30. The SMILES string of the molecule is Cc1cc(-n2c3ccc(C(C)(C)C)cc3c3cc(C(C)(C)C)ccc32)cc(C)c1C. The molecule has 0 unspecified atom stereocenters. The van der Waals surface area contributed by atoms with Crippen molar-refractivity contribution in [1.82, 2.24) is 4.57 Å². The molecule has 0 amide bonds. The largest absolute Gasteiger partial charge is 0.309 e. The lowest BCUT2D eigenvalue weighted by Crippen LogP contribution is -2.10. The monoisotopic (exact) mass is 397 g/mol. The van der Waals surface area contributed by atoms with Crippen LogP contribution in [0, 0.1) is 20.8 Å². The zero-order valence-corrected chi connectivity index (χ0v) is 20.1. The van der Waals surface area contributed by atoms with E-state index in [1.165, 1.54) is 55.3 Å². The molecule has 0 bridgehead atoms. The van der Waals surface area contributed by atoms with Gasteiger partial charge in [-0.05, 0) is 95.8 Å². The third-order valence-corrected chi connectivity index (χ3v) is 6.67. The van der Waals surface area contributed by atoms with Gasteiger partial charge in [0.25, 0.3) is 0 Å². The van der Waals surface area contributed by atoms with Gasteiger partial charge in [0.2, 0.25) is 0 Å². The average molecular weight is 398 g/mol. The zero-order valence-electron chi connectivity index (χ0n) is 20.1. The van der Waals surface area contributed by atoms with Gasteiger partial charge < -0.3 is 4.57 Å². The Hall–Kier alpha value is -2.54. The Kier molecular flexibility index (Phi) is 4.65. The Morgan fingerprint density at radius 1 is 0.567 bits per heavy atom. The predicted molar refractivity (Wildman–Crippen MR) is 132 cm³/mol. The Morgan fingerprint density at radius 3 is 1.33 bits per heavy atom. The smallest absolute Gasteiger partial charge is 0.0541 e. The highest BCUT2D eigenvalue weighted by atomic mass is 15.0. The van der Waals surface area contributed by atoms with Gasteiger partial charge in [0, 0.05) is 16.5 Å². The molecule has 4 aromatic rings. The van der Waals surface area contributed by atoms with E-state index in [1.807, 2.05) is 0 Å². The molecule has 1 nitrogen and oxygen atoms in total. The quantitative estimate of drug-likeness (QED) is 0.304. The van der Waals surface area contributed by atoms with Crippen LogP contribution < -0.4 is 0 Å². The van der Waals surface area contributed by atoms with Crippen LogP contribution in [0.3, 0.4) is 0 Å². The van der Waals surface area contributed by atoms with Crippen LogP contribution >= 0.6 is 0 Å². The summed E-state index contributed by atoms with van der Waals surface area (Å²) in [5.41, 5.74) is 10.9. The van der Waals surface area contributed by atoms with Crippen LogP contribution in [-0.2, 0) is 10.8 Å². The molecule has 1 aromatic heterocycles. The van der Waals surface area contributed by atoms with Gasteiger partial charge in [-0.15, -0.1) is 0 Å². The molecule has 0 saturated heterocycles. The van der Waals surface area contributed by atoms with Gasteiger partial charge >= 0.3 is 0 Å². The van der Waals surface area contributed by atoms with Gasteiger partial charge in [-0.25, -0.2) is 0 Å². The minimum atomic E-state index is 0.126. The second-order valence-corrected chi connectivity index (χ2v) is 11.0. The summed E-state index contributed by atoms with van der Waals surface area (Å²) < 4.78 is 2.45. The molecule has 0 atom stereocenters. The molecule has 0 spiro atoms. The standard InChI is InChI=1S/C29H35N/c1-18-14-23(15-19(2)20(18)3)30-26-12-10-21(28(4,5)6)16-24(26)25-17-22(29(7,8)9)11-13-27(25)30/h10-17H,1-9H3. The summed E-state index contributed by atoms with van der Waals surface area (Å²) in [6.45, 7) is 20.4. The fraction of sp³-hybridized carbons (Fsp3) is 0.379. The van der Waals surface area contributed by atoms with E-state index in [1.54, 1.807) is 0 Å². The molecule has 0 fully saturated rings. The lowest BCUT2D eigenvalue weighted by molar-refractivity contribution is 0.590. The minimum absolute atomic E-state index is 0.126. The van der Waals surface area contributed by atoms with Crippen LogP contribution in [-0.4, -0.2) is 4.57 Å². The number of hydrogen-bond acceptors (Lipinski definition) is 0. The van der Waals surface area contributed by atoms with Crippen LogP contribution in [0.2, 0.25) is 0 Å². The average Bonchev–Trinajstić information content (AvgIpc) is 2.97. The van der Waals surface area contributed by atoms with Gasteiger partial charge in [-0.3, -0.25) is 0 Å². The van der Waals surface area contributed by atoms with Crippen molar-refractivity contribution in [2.45, 2.75) is 73.1 Å². The topological polar surface area (TPSA) is 4.93 Å². The first-order chi connectivity index (χ1) is 13.9. The Bertz CT molecular complexity index is 1180. The normalized spacial score (nSPS) is 12.8. The molecule has 0 aliphatic rings. The fourth-order valence-electron chi connectivity index (χ4n) is 4.38. The molecule has 1 heteroatoms. The van der Waals surface area contributed by atoms with E-state index in [0.29, 0.717) is 0 Å². The molecule has 3 aromatic carbocycles. The number of benzene rings is 3. The maximum Gasteiger partial charge on any atom is 0.0541 e. The van der Waals surface area contributed by atoms with Gasteiger partial charge in [-0.1, -0.05) is 53.7 Å². The Balaban J connectivity index is 2.14. The molecule has 0 N–H and O–H groups in total. The van der Waals surface area contributed by atoms with Crippen molar-refractivity contribution >= 4 is 21.8 Å². The van der Waals surface area contributed by atoms with E-state index in [4.69, 9.17) is 0 Å². The van der Waals surface area contributed by atoms with Crippen molar-refractivity contribution in [3.8, 4) is 5.69 Å². The van der Waals surface area contributed by atoms with Gasteiger partial charge in [-0.2, -0.15) is 0 Å². The molecule has 4 rings (SSSR count). The second kappa shape index (κ2) is 6.74. The molecule has 0 radical (unpaired) electrons. The first kappa shape index (κ1) is 20.7. The Labute approximate surface area is 181 Å². The Morgan fingerprint density at radius 2 is 0.967 bits per heavy atom. The molecule has 156 valence electrons. The summed E-state index contributed by atoms with van der Waals surface area (Å²) in [4.78, 5) is 0. The zero-order chi connectivity index (χ0) is 22.0. The number of fused-ring (bicyclic) bond motifs is 3. The maximum absolute atomic E-state index is 2.45. The number of hydrogen-bond donors (Lipinski definition) is 0. The molecular formula is C29H35N. The van der Waals surface area contributed by atoms with Crippen molar-refractivity contribution in [1.29, 1.82) is 0 Å². The van der Waals surface area contributed by atoms with Crippen LogP contribution in [0.15, 0.2) is 48.5 Å². The molecule has 0 saturated carbocycles. The lowest BCUT2D eigenvalue weighted by atomic mass is 9.85. The first-order valence-corrected chi connectivity index (χ1v) is 11.1. The molecule has 1 heterocycles. The highest BCUT2D eigenvalue weighted by Crippen LogP contribution is 2.38. The van der Waals surface area contributed by atoms with Gasteiger partial charge in [0.15, 0.2) is 0 Å². The number of aromatic nitrogens is 1. The number of aryl methyl sites for hydroxylation is 2. The molecule has 0 aliphatic heterocycles. The lowest BCUT2D eigenvalue weighted by Gasteiger charge is -2.19. The summed E-state index contributed by atoms with van der Waals surface area (Å²) in [5.74, 6) is 0. The third-order valence-electron chi connectivity index (χ3n) is 6.67. The van der Waals surface area contributed by atoms with Crippen LogP contribution in [0.1, 0.15) is 69.4 Å². The summed E-state index contributed by atoms with van der Waals surface area (Å²) in [5, 5.41) is 2.69.